The van der Waals surface area contributed by atoms with Gasteiger partial charge in [0.2, 0.25) is 0 Å². The molecule has 0 saturated heterocycles. The lowest BCUT2D eigenvalue weighted by molar-refractivity contribution is -0.139. The summed E-state index contributed by atoms with van der Waals surface area (Å²) in [5.41, 5.74) is 2.62. The van der Waals surface area contributed by atoms with Crippen LogP contribution in [-0.2, 0) is 12.8 Å². The van der Waals surface area contributed by atoms with Gasteiger partial charge in [-0.15, -0.1) is 0 Å². The van der Waals surface area contributed by atoms with E-state index in [1.165, 1.54) is 18.2 Å². The summed E-state index contributed by atoms with van der Waals surface area (Å²) in [4.78, 5) is 13.5. The van der Waals surface area contributed by atoms with Gasteiger partial charge in [-0.3, -0.25) is 4.79 Å². The second kappa shape index (κ2) is 11.2. The fourth-order valence-electron chi connectivity index (χ4n) is 4.71. The summed E-state index contributed by atoms with van der Waals surface area (Å²) in [6, 6.07) is 21.8. The van der Waals surface area contributed by atoms with Crippen molar-refractivity contribution < 1.29 is 27.4 Å². The first-order chi connectivity index (χ1) is 18.8. The molecule has 0 aliphatic carbocycles. The molecule has 0 spiro atoms. The van der Waals surface area contributed by atoms with Gasteiger partial charge in [-0.2, -0.15) is 13.2 Å². The molecule has 0 atom stereocenters. The second-order valence-corrected chi connectivity index (χ2v) is 9.20. The van der Waals surface area contributed by atoms with E-state index in [0.717, 1.165) is 34.5 Å². The van der Waals surface area contributed by atoms with Gasteiger partial charge in [-0.25, -0.2) is 0 Å². The lowest BCUT2D eigenvalue weighted by atomic mass is 9.93. The van der Waals surface area contributed by atoms with Crippen molar-refractivity contribution in [3.63, 3.8) is 0 Å². The van der Waals surface area contributed by atoms with Crippen LogP contribution in [-0.4, -0.2) is 26.1 Å². The molecule has 0 unspecified atom stereocenters. The number of methoxy groups -OCH3 is 1. The maximum atomic E-state index is 13.5. The molecule has 0 bridgehead atoms. The van der Waals surface area contributed by atoms with Gasteiger partial charge in [0.25, 0.3) is 5.91 Å². The number of nitrogens with one attached hydrogen (secondary N) is 2. The molecule has 4 aromatic carbocycles. The molecule has 5 rings (SSSR count). The Morgan fingerprint density at radius 3 is 2.54 bits per heavy atom. The van der Waals surface area contributed by atoms with Gasteiger partial charge in [0.05, 0.1) is 12.7 Å². The van der Waals surface area contributed by atoms with Crippen LogP contribution in [0.3, 0.4) is 0 Å². The first-order valence-electron chi connectivity index (χ1n) is 12.5. The van der Waals surface area contributed by atoms with Gasteiger partial charge in [0.15, 0.2) is 0 Å². The fourth-order valence-corrected chi connectivity index (χ4v) is 4.71. The third-order valence-corrected chi connectivity index (χ3v) is 6.63. The third kappa shape index (κ3) is 5.91. The minimum Gasteiger partial charge on any atom is -0.496 e. The molecule has 1 aliphatic heterocycles. The van der Waals surface area contributed by atoms with E-state index >= 15 is 0 Å². The molecule has 0 fully saturated rings. The number of para-hydroxylation sites is 1. The number of hydrogen-bond acceptors (Lipinski definition) is 4. The third-order valence-electron chi connectivity index (χ3n) is 6.63. The Morgan fingerprint density at radius 1 is 0.974 bits per heavy atom. The summed E-state index contributed by atoms with van der Waals surface area (Å²) in [7, 11) is 1.59. The van der Waals surface area contributed by atoms with Crippen LogP contribution in [0.2, 0.25) is 0 Å². The van der Waals surface area contributed by atoms with Crippen molar-refractivity contribution >= 4 is 27.9 Å². The van der Waals surface area contributed by atoms with Crippen molar-refractivity contribution in [2.24, 2.45) is 0 Å². The van der Waals surface area contributed by atoms with Crippen molar-refractivity contribution in [3.05, 3.63) is 107 Å². The monoisotopic (exact) mass is 532 g/mol. The number of carbonyl (C=O) groups is 1. The molecule has 1 amide bonds. The highest BCUT2D eigenvalue weighted by Crippen LogP contribution is 2.36. The Morgan fingerprint density at radius 2 is 1.77 bits per heavy atom. The molecule has 5 nitrogen and oxygen atoms in total. The number of rotatable bonds is 7. The Kier molecular flexibility index (Phi) is 7.56. The second-order valence-electron chi connectivity index (χ2n) is 9.20. The van der Waals surface area contributed by atoms with Crippen molar-refractivity contribution in [1.82, 2.24) is 5.32 Å². The number of ether oxygens (including phenoxy) is 2. The quantitative estimate of drug-likeness (QED) is 0.267. The number of amides is 1. The van der Waals surface area contributed by atoms with Crippen molar-refractivity contribution in [2.45, 2.75) is 19.2 Å². The Bertz CT molecular complexity index is 1550. The maximum absolute atomic E-state index is 13.5. The number of benzene rings is 4. The molecule has 8 heteroatoms. The van der Waals surface area contributed by atoms with E-state index in [4.69, 9.17) is 9.47 Å². The van der Waals surface area contributed by atoms with Crippen molar-refractivity contribution in [1.29, 1.82) is 0 Å². The summed E-state index contributed by atoms with van der Waals surface area (Å²) < 4.78 is 51.3. The first-order valence-corrected chi connectivity index (χ1v) is 12.5. The standard InChI is InChI=1S/C31H27F3N2O3/c1-38-29-18-23(17-22-6-2-3-7-24(22)29)36-30(37)25-11-10-20(16-26(25)21-12-14-35-15-13-21)19-39-28-9-5-4-8-27(28)31(32,33)34/h2-12,16-18,35H,13-15,19H2,1H3,(H,36,37). The molecule has 1 aliphatic rings. The zero-order chi connectivity index (χ0) is 27.4. The normalized spacial score (nSPS) is 13.6. The van der Waals surface area contributed by atoms with Crippen LogP contribution in [0.4, 0.5) is 18.9 Å². The molecule has 0 saturated carbocycles. The zero-order valence-electron chi connectivity index (χ0n) is 21.3. The summed E-state index contributed by atoms with van der Waals surface area (Å²) in [5, 5.41) is 8.12. The first kappa shape index (κ1) is 26.3. The van der Waals surface area contributed by atoms with E-state index in [2.05, 4.69) is 10.6 Å². The summed E-state index contributed by atoms with van der Waals surface area (Å²) >= 11 is 0. The summed E-state index contributed by atoms with van der Waals surface area (Å²) in [6.07, 6.45) is -1.78. The number of hydrogen-bond donors (Lipinski definition) is 2. The zero-order valence-corrected chi connectivity index (χ0v) is 21.3. The summed E-state index contributed by atoms with van der Waals surface area (Å²) in [5.74, 6) is 0.118. The van der Waals surface area contributed by atoms with Gasteiger partial charge >= 0.3 is 6.18 Å². The number of carbonyl (C=O) groups excluding carboxylic acids is 1. The maximum Gasteiger partial charge on any atom is 0.419 e. The molecule has 39 heavy (non-hydrogen) atoms. The van der Waals surface area contributed by atoms with Crippen molar-refractivity contribution in [2.75, 3.05) is 25.5 Å². The van der Waals surface area contributed by atoms with E-state index in [1.54, 1.807) is 25.3 Å². The Hall–Kier alpha value is -4.30. The lowest BCUT2D eigenvalue weighted by Gasteiger charge is -2.19. The molecule has 2 N–H and O–H groups in total. The highest BCUT2D eigenvalue weighted by Gasteiger charge is 2.34. The van der Waals surface area contributed by atoms with Gasteiger partial charge < -0.3 is 20.1 Å². The molecule has 0 radical (unpaired) electrons. The van der Waals surface area contributed by atoms with E-state index in [0.29, 0.717) is 35.5 Å². The Balaban J connectivity index is 1.44. The molecule has 4 aromatic rings. The molecule has 200 valence electrons. The predicted octanol–water partition coefficient (Wildman–Crippen LogP) is 7.08. The van der Waals surface area contributed by atoms with Gasteiger partial charge in [0, 0.05) is 29.2 Å². The van der Waals surface area contributed by atoms with Crippen LogP contribution in [0.15, 0.2) is 84.9 Å². The smallest absolute Gasteiger partial charge is 0.419 e. The van der Waals surface area contributed by atoms with Crippen LogP contribution < -0.4 is 20.1 Å². The van der Waals surface area contributed by atoms with Crippen molar-refractivity contribution in [3.8, 4) is 11.5 Å². The number of fused-ring (bicyclic) bond motifs is 1. The minimum absolute atomic E-state index is 0.0740. The van der Waals surface area contributed by atoms with Crippen LogP contribution in [0, 0.1) is 0 Å². The SMILES string of the molecule is COc1cc(NC(=O)c2ccc(COc3ccccc3C(F)(F)F)cc2C2=CCNCC2)cc2ccccc12. The summed E-state index contributed by atoms with van der Waals surface area (Å²) in [6.45, 7) is 1.35. The Labute approximate surface area is 224 Å². The largest absolute Gasteiger partial charge is 0.496 e. The molecular weight excluding hydrogens is 505 g/mol. The fraction of sp³-hybridized carbons (Fsp3) is 0.194. The van der Waals surface area contributed by atoms with Crippen LogP contribution >= 0.6 is 0 Å². The molecule has 0 aromatic heterocycles. The molecule has 1 heterocycles. The highest BCUT2D eigenvalue weighted by molar-refractivity contribution is 6.08. The lowest BCUT2D eigenvalue weighted by Crippen LogP contribution is -2.21. The number of anilines is 1. The number of halogens is 3. The van der Waals surface area contributed by atoms with Gasteiger partial charge in [0.1, 0.15) is 18.1 Å². The van der Waals surface area contributed by atoms with Gasteiger partial charge in [-0.05, 0) is 65.4 Å². The predicted molar refractivity (Wildman–Crippen MR) is 146 cm³/mol. The van der Waals surface area contributed by atoms with Gasteiger partial charge in [-0.1, -0.05) is 48.5 Å². The molecular formula is C31H27F3N2O3. The van der Waals surface area contributed by atoms with E-state index in [-0.39, 0.29) is 18.3 Å². The van der Waals surface area contributed by atoms with Crippen LogP contribution in [0.25, 0.3) is 16.3 Å². The average molecular weight is 533 g/mol. The average Bonchev–Trinajstić information content (AvgIpc) is 2.95. The van der Waals surface area contributed by atoms with E-state index in [9.17, 15) is 18.0 Å². The van der Waals surface area contributed by atoms with Crippen LogP contribution in [0.1, 0.15) is 33.5 Å². The highest BCUT2D eigenvalue weighted by atomic mass is 19.4. The van der Waals surface area contributed by atoms with E-state index in [1.807, 2.05) is 42.5 Å². The van der Waals surface area contributed by atoms with E-state index < -0.39 is 11.7 Å². The number of alkyl halides is 3. The topological polar surface area (TPSA) is 59.6 Å². The minimum atomic E-state index is -4.52. The van der Waals surface area contributed by atoms with Crippen LogP contribution in [0.5, 0.6) is 11.5 Å².